The predicted octanol–water partition coefficient (Wildman–Crippen LogP) is 4.57. The number of rotatable bonds is 3. The molecule has 2 aromatic rings. The number of fused-ring (bicyclic) bond motifs is 4. The fourth-order valence-electron chi connectivity index (χ4n) is 4.79. The molecule has 0 saturated heterocycles. The van der Waals surface area contributed by atoms with Crippen molar-refractivity contribution in [3.63, 3.8) is 0 Å². The van der Waals surface area contributed by atoms with Gasteiger partial charge in [0.1, 0.15) is 5.75 Å². The third kappa shape index (κ3) is 2.54. The smallest absolute Gasteiger partial charge is 0.248 e. The van der Waals surface area contributed by atoms with Gasteiger partial charge in [-0.15, -0.1) is 0 Å². The summed E-state index contributed by atoms with van der Waals surface area (Å²) in [6.45, 7) is 4.46. The maximum atomic E-state index is 11.6. The van der Waals surface area contributed by atoms with E-state index in [1.54, 1.807) is 6.07 Å². The van der Waals surface area contributed by atoms with Gasteiger partial charge in [-0.1, -0.05) is 26.0 Å². The largest absolute Gasteiger partial charge is 0.508 e. The molecule has 3 N–H and O–H groups in total. The molecule has 4 rings (SSSR count). The second-order valence-corrected chi connectivity index (χ2v) is 7.52. The van der Waals surface area contributed by atoms with Crippen molar-refractivity contribution < 1.29 is 9.90 Å². The van der Waals surface area contributed by atoms with Crippen LogP contribution < -0.4 is 5.73 Å². The van der Waals surface area contributed by atoms with Gasteiger partial charge in [0.25, 0.3) is 0 Å². The van der Waals surface area contributed by atoms with E-state index in [9.17, 15) is 9.90 Å². The van der Waals surface area contributed by atoms with Gasteiger partial charge in [0, 0.05) is 5.56 Å². The quantitative estimate of drug-likeness (QED) is 0.854. The van der Waals surface area contributed by atoms with Gasteiger partial charge in [0.05, 0.1) is 0 Å². The maximum Gasteiger partial charge on any atom is 0.248 e. The molecule has 2 aliphatic carbocycles. The lowest BCUT2D eigenvalue weighted by Gasteiger charge is -2.38. The third-order valence-electron chi connectivity index (χ3n) is 6.08. The predicted molar refractivity (Wildman–Crippen MR) is 105 cm³/mol. The Balaban J connectivity index is 1.98. The summed E-state index contributed by atoms with van der Waals surface area (Å²) >= 11 is 0. The summed E-state index contributed by atoms with van der Waals surface area (Å²) in [6, 6.07) is 11.7. The Morgan fingerprint density at radius 3 is 2.04 bits per heavy atom. The lowest BCUT2D eigenvalue weighted by Crippen LogP contribution is -2.25. The number of phenolic OH excluding ortho intramolecular Hbond substituents is 1. The highest BCUT2D eigenvalue weighted by Gasteiger charge is 2.35. The summed E-state index contributed by atoms with van der Waals surface area (Å²) < 4.78 is 0. The minimum atomic E-state index is -0.364. The lowest BCUT2D eigenvalue weighted by atomic mass is 9.65. The second-order valence-electron chi connectivity index (χ2n) is 7.52. The van der Waals surface area contributed by atoms with E-state index in [1.807, 2.05) is 18.2 Å². The first-order valence-electron chi connectivity index (χ1n) is 9.52. The Hall–Kier alpha value is -2.55. The van der Waals surface area contributed by atoms with E-state index < -0.39 is 0 Å². The van der Waals surface area contributed by atoms with Crippen molar-refractivity contribution in [1.82, 2.24) is 0 Å². The van der Waals surface area contributed by atoms with Gasteiger partial charge >= 0.3 is 0 Å². The highest BCUT2D eigenvalue weighted by Crippen LogP contribution is 2.50. The zero-order chi connectivity index (χ0) is 18.4. The molecule has 0 aliphatic heterocycles. The summed E-state index contributed by atoms with van der Waals surface area (Å²) in [5, 5.41) is 9.95. The van der Waals surface area contributed by atoms with Gasteiger partial charge in [-0.05, 0) is 95.2 Å². The molecule has 0 saturated carbocycles. The van der Waals surface area contributed by atoms with Crippen LogP contribution in [-0.4, -0.2) is 11.0 Å². The number of amides is 1. The number of nitrogens with two attached hydrogens (primary N) is 1. The lowest BCUT2D eigenvalue weighted by molar-refractivity contribution is 0.1000. The molecular weight excluding hydrogens is 322 g/mol. The summed E-state index contributed by atoms with van der Waals surface area (Å²) in [6.07, 6.45) is 3.99. The highest BCUT2D eigenvalue weighted by atomic mass is 16.3. The maximum absolute atomic E-state index is 11.6. The zero-order valence-electron chi connectivity index (χ0n) is 15.4. The minimum Gasteiger partial charge on any atom is -0.508 e. The minimum absolute atomic E-state index is 0.345. The van der Waals surface area contributed by atoms with Gasteiger partial charge < -0.3 is 10.8 Å². The third-order valence-corrected chi connectivity index (χ3v) is 6.08. The van der Waals surface area contributed by atoms with Crippen LogP contribution in [0, 0.1) is 11.8 Å². The molecule has 0 aromatic heterocycles. The standard InChI is InChI=1S/C23H25NO2/c1-3-13-9-16-11-15(23(24)26)5-7-19(16)21-14(4-2)10-17-12-18(25)6-8-20(17)22(13)21/h5-8,11-14,25H,3-4,9-10H2,1-2H3,(H2,24,26)/t13-,14+/m0/s1. The van der Waals surface area contributed by atoms with E-state index in [-0.39, 0.29) is 5.91 Å². The number of phenols is 1. The van der Waals surface area contributed by atoms with Crippen molar-refractivity contribution in [2.24, 2.45) is 17.6 Å². The molecule has 2 aliphatic rings. The van der Waals surface area contributed by atoms with Crippen molar-refractivity contribution >= 4 is 17.1 Å². The van der Waals surface area contributed by atoms with E-state index in [1.165, 1.54) is 33.4 Å². The van der Waals surface area contributed by atoms with Crippen LogP contribution in [0.15, 0.2) is 36.4 Å². The molecule has 0 spiro atoms. The van der Waals surface area contributed by atoms with E-state index in [0.717, 1.165) is 25.7 Å². The van der Waals surface area contributed by atoms with E-state index in [0.29, 0.717) is 23.1 Å². The van der Waals surface area contributed by atoms with Gasteiger partial charge in [0.2, 0.25) is 5.91 Å². The van der Waals surface area contributed by atoms with Crippen LogP contribution in [0.4, 0.5) is 0 Å². The van der Waals surface area contributed by atoms with Crippen molar-refractivity contribution in [3.05, 3.63) is 64.2 Å². The number of primary amides is 1. The van der Waals surface area contributed by atoms with Gasteiger partial charge in [-0.3, -0.25) is 4.79 Å². The number of aromatic hydroxyl groups is 1. The first kappa shape index (κ1) is 16.9. The van der Waals surface area contributed by atoms with Crippen LogP contribution in [0.1, 0.15) is 59.3 Å². The van der Waals surface area contributed by atoms with Crippen LogP contribution in [0.25, 0.3) is 11.1 Å². The van der Waals surface area contributed by atoms with Crippen molar-refractivity contribution in [3.8, 4) is 5.75 Å². The number of allylic oxidation sites excluding steroid dienone is 2. The van der Waals surface area contributed by atoms with Gasteiger partial charge in [0.15, 0.2) is 0 Å². The topological polar surface area (TPSA) is 63.3 Å². The molecule has 0 bridgehead atoms. The molecule has 2 atom stereocenters. The van der Waals surface area contributed by atoms with Gasteiger partial charge in [-0.2, -0.15) is 0 Å². The Bertz CT molecular complexity index is 926. The van der Waals surface area contributed by atoms with Crippen molar-refractivity contribution in [2.45, 2.75) is 39.5 Å². The van der Waals surface area contributed by atoms with Crippen molar-refractivity contribution in [1.29, 1.82) is 0 Å². The molecule has 3 heteroatoms. The van der Waals surface area contributed by atoms with Crippen molar-refractivity contribution in [2.75, 3.05) is 0 Å². The molecular formula is C23H25NO2. The van der Waals surface area contributed by atoms with Crippen LogP contribution >= 0.6 is 0 Å². The normalized spacial score (nSPS) is 21.0. The van der Waals surface area contributed by atoms with Crippen LogP contribution in [-0.2, 0) is 12.8 Å². The van der Waals surface area contributed by atoms with Gasteiger partial charge in [-0.25, -0.2) is 0 Å². The van der Waals surface area contributed by atoms with E-state index in [4.69, 9.17) is 5.73 Å². The molecule has 26 heavy (non-hydrogen) atoms. The van der Waals surface area contributed by atoms with Crippen LogP contribution in [0.5, 0.6) is 5.75 Å². The Morgan fingerprint density at radius 2 is 1.50 bits per heavy atom. The molecule has 2 aromatic carbocycles. The molecule has 3 nitrogen and oxygen atoms in total. The molecule has 134 valence electrons. The van der Waals surface area contributed by atoms with Crippen LogP contribution in [0.2, 0.25) is 0 Å². The SMILES string of the molecule is CC[C@@H]1Cc2cc(O)ccc2C2=C1c1ccc(C(N)=O)cc1C[C@@H]2CC. The summed E-state index contributed by atoms with van der Waals surface area (Å²) in [5.41, 5.74) is 14.0. The average Bonchev–Trinajstić information content (AvgIpc) is 2.65. The number of carbonyl (C=O) groups excluding carboxylic acids is 1. The Morgan fingerprint density at radius 1 is 0.962 bits per heavy atom. The summed E-state index contributed by atoms with van der Waals surface area (Å²) in [7, 11) is 0. The fraction of sp³-hybridized carbons (Fsp3) is 0.348. The Labute approximate surface area is 154 Å². The second kappa shape index (κ2) is 6.31. The molecule has 1 amide bonds. The van der Waals surface area contributed by atoms with E-state index in [2.05, 4.69) is 26.0 Å². The molecule has 0 unspecified atom stereocenters. The first-order valence-corrected chi connectivity index (χ1v) is 9.52. The van der Waals surface area contributed by atoms with E-state index >= 15 is 0 Å². The monoisotopic (exact) mass is 347 g/mol. The summed E-state index contributed by atoms with van der Waals surface area (Å²) in [4.78, 5) is 11.6. The average molecular weight is 347 g/mol. The Kier molecular flexibility index (Phi) is 4.10. The number of hydrogen-bond donors (Lipinski definition) is 2. The zero-order valence-corrected chi connectivity index (χ0v) is 15.4. The fourth-order valence-corrected chi connectivity index (χ4v) is 4.79. The number of hydrogen-bond acceptors (Lipinski definition) is 2. The van der Waals surface area contributed by atoms with Crippen LogP contribution in [0.3, 0.4) is 0 Å². The molecule has 0 heterocycles. The number of carbonyl (C=O) groups is 1. The molecule has 0 fully saturated rings. The molecule has 0 radical (unpaired) electrons. The number of benzene rings is 2. The highest BCUT2D eigenvalue weighted by molar-refractivity contribution is 5.99. The first-order chi connectivity index (χ1) is 12.5. The summed E-state index contributed by atoms with van der Waals surface area (Å²) in [5.74, 6) is 0.847.